The molecule has 1 aromatic rings. The molecule has 0 aliphatic rings. The summed E-state index contributed by atoms with van der Waals surface area (Å²) in [5.74, 6) is 0.0447. The molecule has 1 aromatic carbocycles. The number of carbonyl (C=O) groups excluding carboxylic acids is 1. The van der Waals surface area contributed by atoms with Crippen LogP contribution in [0.4, 0.5) is 5.69 Å². The molecule has 0 saturated heterocycles. The van der Waals surface area contributed by atoms with Gasteiger partial charge in [-0.05, 0) is 12.0 Å². The van der Waals surface area contributed by atoms with E-state index in [2.05, 4.69) is 0 Å². The van der Waals surface area contributed by atoms with Gasteiger partial charge in [0.25, 0.3) is 11.6 Å². The van der Waals surface area contributed by atoms with E-state index in [-0.39, 0.29) is 22.2 Å². The molecule has 21 heavy (non-hydrogen) atoms. The smallest absolute Gasteiger partial charge is 0.270 e. The van der Waals surface area contributed by atoms with Crippen LogP contribution >= 0.6 is 11.6 Å². The number of nitrogens with zero attached hydrogens (tertiary/aromatic N) is 2. The van der Waals surface area contributed by atoms with Crippen molar-refractivity contribution < 1.29 is 14.5 Å². The van der Waals surface area contributed by atoms with E-state index in [1.54, 1.807) is 12.0 Å². The lowest BCUT2D eigenvalue weighted by atomic mass is 10.1. The number of benzene rings is 1. The van der Waals surface area contributed by atoms with E-state index in [4.69, 9.17) is 16.3 Å². The van der Waals surface area contributed by atoms with Crippen LogP contribution in [0.5, 0.6) is 0 Å². The first kappa shape index (κ1) is 17.4. The van der Waals surface area contributed by atoms with Gasteiger partial charge in [0, 0.05) is 32.3 Å². The number of rotatable bonds is 7. The second-order valence-corrected chi connectivity index (χ2v) is 5.47. The van der Waals surface area contributed by atoms with Gasteiger partial charge in [-0.3, -0.25) is 14.9 Å². The summed E-state index contributed by atoms with van der Waals surface area (Å²) in [5, 5.41) is 10.8. The molecule has 6 nitrogen and oxygen atoms in total. The number of nitro benzene ring substituents is 1. The fraction of sp³-hybridized carbons (Fsp3) is 0.500. The van der Waals surface area contributed by atoms with Gasteiger partial charge in [0.15, 0.2) is 0 Å². The first-order chi connectivity index (χ1) is 9.86. The van der Waals surface area contributed by atoms with Gasteiger partial charge in [-0.1, -0.05) is 25.4 Å². The third-order valence-electron chi connectivity index (χ3n) is 2.83. The molecule has 0 spiro atoms. The normalized spacial score (nSPS) is 10.7. The van der Waals surface area contributed by atoms with Crippen molar-refractivity contribution >= 4 is 23.2 Å². The molecule has 0 fully saturated rings. The van der Waals surface area contributed by atoms with Crippen molar-refractivity contribution in [2.24, 2.45) is 5.92 Å². The lowest BCUT2D eigenvalue weighted by Gasteiger charge is -2.24. The molecule has 0 aliphatic heterocycles. The predicted octanol–water partition coefficient (Wildman–Crippen LogP) is 2.99. The van der Waals surface area contributed by atoms with Gasteiger partial charge in [0.1, 0.15) is 0 Å². The van der Waals surface area contributed by atoms with Gasteiger partial charge in [-0.25, -0.2) is 0 Å². The molecular formula is C14H19ClN2O4. The molecule has 1 rings (SSSR count). The van der Waals surface area contributed by atoms with Gasteiger partial charge in [0.2, 0.25) is 0 Å². The van der Waals surface area contributed by atoms with Gasteiger partial charge in [0.05, 0.1) is 22.1 Å². The summed E-state index contributed by atoms with van der Waals surface area (Å²) in [4.78, 5) is 24.3. The number of non-ortho nitro benzene ring substituents is 1. The van der Waals surface area contributed by atoms with Gasteiger partial charge < -0.3 is 9.64 Å². The summed E-state index contributed by atoms with van der Waals surface area (Å²) in [5.41, 5.74) is 0.128. The molecule has 7 heteroatoms. The van der Waals surface area contributed by atoms with Crippen LogP contribution in [0.3, 0.4) is 0 Å². The van der Waals surface area contributed by atoms with Crippen molar-refractivity contribution in [3.8, 4) is 0 Å². The van der Waals surface area contributed by atoms with Crippen molar-refractivity contribution in [2.75, 3.05) is 26.8 Å². The summed E-state index contributed by atoms with van der Waals surface area (Å²) in [6.45, 7) is 5.44. The van der Waals surface area contributed by atoms with Crippen LogP contribution in [-0.4, -0.2) is 42.5 Å². The number of amides is 1. The average Bonchev–Trinajstić information content (AvgIpc) is 2.42. The van der Waals surface area contributed by atoms with Crippen LogP contribution < -0.4 is 0 Å². The van der Waals surface area contributed by atoms with Gasteiger partial charge in [-0.2, -0.15) is 0 Å². The molecule has 116 valence electrons. The fourth-order valence-corrected chi connectivity index (χ4v) is 2.13. The van der Waals surface area contributed by atoms with E-state index >= 15 is 0 Å². The Morgan fingerprint density at radius 3 is 2.62 bits per heavy atom. The highest BCUT2D eigenvalue weighted by Crippen LogP contribution is 2.24. The Bertz CT molecular complexity index is 520. The van der Waals surface area contributed by atoms with Crippen molar-refractivity contribution in [3.63, 3.8) is 0 Å². The minimum absolute atomic E-state index is 0.0837. The van der Waals surface area contributed by atoms with E-state index in [1.807, 2.05) is 13.8 Å². The van der Waals surface area contributed by atoms with Crippen molar-refractivity contribution in [2.45, 2.75) is 13.8 Å². The van der Waals surface area contributed by atoms with E-state index in [0.29, 0.717) is 25.6 Å². The molecule has 0 aliphatic carbocycles. The van der Waals surface area contributed by atoms with E-state index in [0.717, 1.165) is 0 Å². The monoisotopic (exact) mass is 314 g/mol. The number of halogens is 1. The topological polar surface area (TPSA) is 72.7 Å². The van der Waals surface area contributed by atoms with Crippen LogP contribution in [-0.2, 0) is 4.74 Å². The van der Waals surface area contributed by atoms with Crippen molar-refractivity contribution in [1.82, 2.24) is 4.90 Å². The van der Waals surface area contributed by atoms with Crippen LogP contribution in [0, 0.1) is 16.0 Å². The molecule has 0 radical (unpaired) electrons. The summed E-state index contributed by atoms with van der Waals surface area (Å²) in [6, 6.07) is 3.87. The van der Waals surface area contributed by atoms with Crippen LogP contribution in [0.25, 0.3) is 0 Å². The van der Waals surface area contributed by atoms with Gasteiger partial charge in [-0.15, -0.1) is 0 Å². The highest BCUT2D eigenvalue weighted by Gasteiger charge is 2.21. The Hall–Kier alpha value is -1.66. The molecule has 0 unspecified atom stereocenters. The average molecular weight is 315 g/mol. The largest absolute Gasteiger partial charge is 0.383 e. The summed E-state index contributed by atoms with van der Waals surface area (Å²) < 4.78 is 5.00. The Labute approximate surface area is 128 Å². The maximum Gasteiger partial charge on any atom is 0.270 e. The number of methoxy groups -OCH3 is 1. The van der Waals surface area contributed by atoms with Gasteiger partial charge >= 0.3 is 0 Å². The number of nitro groups is 1. The Morgan fingerprint density at radius 1 is 1.48 bits per heavy atom. The second-order valence-electron chi connectivity index (χ2n) is 5.06. The van der Waals surface area contributed by atoms with E-state index in [1.165, 1.54) is 18.2 Å². The van der Waals surface area contributed by atoms with E-state index in [9.17, 15) is 14.9 Å². The lowest BCUT2D eigenvalue weighted by molar-refractivity contribution is -0.384. The first-order valence-electron chi connectivity index (χ1n) is 6.59. The second kappa shape index (κ2) is 7.95. The molecule has 0 atom stereocenters. The maximum absolute atomic E-state index is 12.5. The number of hydrogen-bond acceptors (Lipinski definition) is 4. The zero-order valence-electron chi connectivity index (χ0n) is 12.3. The SMILES string of the molecule is COCCN(CC(C)C)C(=O)c1ccc([N+](=O)[O-])cc1Cl. The highest BCUT2D eigenvalue weighted by atomic mass is 35.5. The molecule has 0 saturated carbocycles. The third kappa shape index (κ3) is 4.99. The zero-order chi connectivity index (χ0) is 16.0. The Kier molecular flexibility index (Phi) is 6.58. The molecule has 0 aromatic heterocycles. The number of carbonyl (C=O) groups is 1. The van der Waals surface area contributed by atoms with Crippen molar-refractivity contribution in [3.05, 3.63) is 38.9 Å². The molecular weight excluding hydrogens is 296 g/mol. The van der Waals surface area contributed by atoms with Crippen LogP contribution in [0.15, 0.2) is 18.2 Å². The molecule has 1 amide bonds. The quantitative estimate of drug-likeness (QED) is 0.573. The Morgan fingerprint density at radius 2 is 2.14 bits per heavy atom. The summed E-state index contributed by atoms with van der Waals surface area (Å²) in [6.07, 6.45) is 0. The lowest BCUT2D eigenvalue weighted by Crippen LogP contribution is -2.36. The first-order valence-corrected chi connectivity index (χ1v) is 6.96. The number of hydrogen-bond donors (Lipinski definition) is 0. The van der Waals surface area contributed by atoms with E-state index < -0.39 is 4.92 Å². The minimum Gasteiger partial charge on any atom is -0.383 e. The Balaban J connectivity index is 2.99. The molecule has 0 bridgehead atoms. The number of ether oxygens (including phenoxy) is 1. The highest BCUT2D eigenvalue weighted by molar-refractivity contribution is 6.34. The minimum atomic E-state index is -0.545. The molecule has 0 heterocycles. The predicted molar refractivity (Wildman–Crippen MR) is 80.7 cm³/mol. The summed E-state index contributed by atoms with van der Waals surface area (Å²) in [7, 11) is 1.57. The van der Waals surface area contributed by atoms with Crippen LogP contribution in [0.1, 0.15) is 24.2 Å². The van der Waals surface area contributed by atoms with Crippen LogP contribution in [0.2, 0.25) is 5.02 Å². The zero-order valence-corrected chi connectivity index (χ0v) is 13.1. The fourth-order valence-electron chi connectivity index (χ4n) is 1.88. The standard InChI is InChI=1S/C14H19ClN2O4/c1-10(2)9-16(6-7-21-3)14(18)12-5-4-11(17(19)20)8-13(12)15/h4-5,8,10H,6-7,9H2,1-3H3. The van der Waals surface area contributed by atoms with Crippen molar-refractivity contribution in [1.29, 1.82) is 0 Å². The third-order valence-corrected chi connectivity index (χ3v) is 3.14. The summed E-state index contributed by atoms with van der Waals surface area (Å²) >= 11 is 6.00. The molecule has 0 N–H and O–H groups in total. The maximum atomic E-state index is 12.5.